The van der Waals surface area contributed by atoms with Crippen LogP contribution < -0.4 is 10.6 Å². The first-order chi connectivity index (χ1) is 7.45. The molecule has 0 spiro atoms. The Morgan fingerprint density at radius 3 is 2.12 bits per heavy atom. The fourth-order valence-corrected chi connectivity index (χ4v) is 1.54. The predicted molar refractivity (Wildman–Crippen MR) is 72.0 cm³/mol. The lowest BCUT2D eigenvalue weighted by molar-refractivity contribution is 0.498. The van der Waals surface area contributed by atoms with Crippen LogP contribution in [-0.4, -0.2) is 18.0 Å². The second-order valence-corrected chi connectivity index (χ2v) is 5.44. The molecule has 0 aromatic carbocycles. The topological polar surface area (TPSA) is 47.9 Å². The average Bonchev–Trinajstić information content (AvgIpc) is 2.13. The van der Waals surface area contributed by atoms with Crippen LogP contribution in [0.3, 0.4) is 0 Å². The second kappa shape index (κ2) is 8.43. The fourth-order valence-electron chi connectivity index (χ4n) is 1.54. The number of nitrogens with one attached hydrogen (secondary N) is 3. The molecule has 0 saturated heterocycles. The first kappa shape index (κ1) is 15.3. The van der Waals surface area contributed by atoms with Crippen molar-refractivity contribution in [1.29, 1.82) is 5.41 Å². The van der Waals surface area contributed by atoms with Gasteiger partial charge in [0.1, 0.15) is 0 Å². The zero-order valence-corrected chi connectivity index (χ0v) is 11.4. The van der Waals surface area contributed by atoms with Crippen LogP contribution in [0.4, 0.5) is 0 Å². The highest BCUT2D eigenvalue weighted by molar-refractivity contribution is 5.77. The minimum atomic E-state index is -0.0226. The van der Waals surface area contributed by atoms with Crippen molar-refractivity contribution in [3.8, 4) is 0 Å². The highest BCUT2D eigenvalue weighted by Gasteiger charge is 2.10. The average molecular weight is 227 g/mol. The van der Waals surface area contributed by atoms with Crippen molar-refractivity contribution < 1.29 is 0 Å². The molecule has 0 bridgehead atoms. The molecule has 16 heavy (non-hydrogen) atoms. The van der Waals surface area contributed by atoms with E-state index >= 15 is 0 Å². The number of rotatable bonds is 7. The van der Waals surface area contributed by atoms with E-state index in [4.69, 9.17) is 5.41 Å². The fraction of sp³-hybridized carbons (Fsp3) is 0.923. The Bertz CT molecular complexity index is 182. The summed E-state index contributed by atoms with van der Waals surface area (Å²) in [5, 5.41) is 13.9. The highest BCUT2D eigenvalue weighted by Crippen LogP contribution is 2.04. The standard InChI is InChI=1S/C13H29N3/c1-5-6-7-8-9-10-11-15-12(14)16-13(2,3)4/h5-11H2,1-4H3,(H3,14,15,16). The molecule has 3 heteroatoms. The largest absolute Gasteiger partial charge is 0.357 e. The SMILES string of the molecule is CCCCCCCCNC(=N)NC(C)(C)C. The van der Waals surface area contributed by atoms with Crippen molar-refractivity contribution >= 4 is 5.96 Å². The van der Waals surface area contributed by atoms with Gasteiger partial charge < -0.3 is 10.6 Å². The van der Waals surface area contributed by atoms with Crippen LogP contribution in [0.2, 0.25) is 0 Å². The lowest BCUT2D eigenvalue weighted by atomic mass is 10.1. The summed E-state index contributed by atoms with van der Waals surface area (Å²) in [6, 6.07) is 0. The molecule has 0 aliphatic heterocycles. The van der Waals surface area contributed by atoms with E-state index in [-0.39, 0.29) is 5.54 Å². The van der Waals surface area contributed by atoms with Crippen molar-refractivity contribution in [3.05, 3.63) is 0 Å². The van der Waals surface area contributed by atoms with Gasteiger partial charge in [-0.1, -0.05) is 39.0 Å². The first-order valence-corrected chi connectivity index (χ1v) is 6.56. The van der Waals surface area contributed by atoms with Gasteiger partial charge in [0.25, 0.3) is 0 Å². The third kappa shape index (κ3) is 11.3. The van der Waals surface area contributed by atoms with Gasteiger partial charge in [-0.25, -0.2) is 0 Å². The molecule has 0 aromatic heterocycles. The Kier molecular flexibility index (Phi) is 8.04. The van der Waals surface area contributed by atoms with E-state index in [1.807, 2.05) is 0 Å². The van der Waals surface area contributed by atoms with Gasteiger partial charge >= 0.3 is 0 Å². The number of unbranched alkanes of at least 4 members (excludes halogenated alkanes) is 5. The van der Waals surface area contributed by atoms with Gasteiger partial charge in [-0.2, -0.15) is 0 Å². The maximum atomic E-state index is 7.67. The molecule has 3 N–H and O–H groups in total. The summed E-state index contributed by atoms with van der Waals surface area (Å²) in [4.78, 5) is 0. The van der Waals surface area contributed by atoms with Crippen LogP contribution in [-0.2, 0) is 0 Å². The van der Waals surface area contributed by atoms with E-state index in [0.29, 0.717) is 5.96 Å². The first-order valence-electron chi connectivity index (χ1n) is 6.56. The molecule has 0 heterocycles. The summed E-state index contributed by atoms with van der Waals surface area (Å²) in [7, 11) is 0. The summed E-state index contributed by atoms with van der Waals surface area (Å²) >= 11 is 0. The van der Waals surface area contributed by atoms with Crippen LogP contribution in [0.15, 0.2) is 0 Å². The summed E-state index contributed by atoms with van der Waals surface area (Å²) < 4.78 is 0. The lowest BCUT2D eigenvalue weighted by Gasteiger charge is -2.22. The molecule has 0 atom stereocenters. The zero-order valence-electron chi connectivity index (χ0n) is 11.4. The molecule has 0 unspecified atom stereocenters. The van der Waals surface area contributed by atoms with Gasteiger partial charge in [-0.15, -0.1) is 0 Å². The van der Waals surface area contributed by atoms with E-state index in [1.165, 1.54) is 32.1 Å². The second-order valence-electron chi connectivity index (χ2n) is 5.44. The molecular weight excluding hydrogens is 198 g/mol. The number of guanidine groups is 1. The molecule has 0 saturated carbocycles. The Hall–Kier alpha value is -0.730. The van der Waals surface area contributed by atoms with Crippen LogP contribution in [0.1, 0.15) is 66.2 Å². The maximum absolute atomic E-state index is 7.67. The maximum Gasteiger partial charge on any atom is 0.188 e. The third-order valence-corrected chi connectivity index (χ3v) is 2.33. The molecule has 0 aliphatic carbocycles. The molecule has 0 aromatic rings. The number of hydrogen-bond acceptors (Lipinski definition) is 1. The molecular formula is C13H29N3. The van der Waals surface area contributed by atoms with Crippen molar-refractivity contribution in [2.24, 2.45) is 0 Å². The molecule has 0 radical (unpaired) electrons. The summed E-state index contributed by atoms with van der Waals surface area (Å²) in [6.45, 7) is 9.34. The van der Waals surface area contributed by atoms with Gasteiger partial charge in [0.2, 0.25) is 0 Å². The van der Waals surface area contributed by atoms with E-state index in [1.54, 1.807) is 0 Å². The lowest BCUT2D eigenvalue weighted by Crippen LogP contribution is -2.47. The van der Waals surface area contributed by atoms with Crippen molar-refractivity contribution in [2.45, 2.75) is 71.8 Å². The van der Waals surface area contributed by atoms with Crippen LogP contribution in [0, 0.1) is 5.41 Å². The van der Waals surface area contributed by atoms with E-state index in [9.17, 15) is 0 Å². The van der Waals surface area contributed by atoms with E-state index < -0.39 is 0 Å². The number of hydrogen-bond donors (Lipinski definition) is 3. The van der Waals surface area contributed by atoms with E-state index in [0.717, 1.165) is 13.0 Å². The van der Waals surface area contributed by atoms with Crippen LogP contribution >= 0.6 is 0 Å². The normalized spacial score (nSPS) is 11.2. The minimum Gasteiger partial charge on any atom is -0.357 e. The van der Waals surface area contributed by atoms with Crippen LogP contribution in [0.25, 0.3) is 0 Å². The molecule has 3 nitrogen and oxygen atoms in total. The molecule has 0 aliphatic rings. The zero-order chi connectivity index (χ0) is 12.4. The predicted octanol–water partition coefficient (Wildman–Crippen LogP) is 3.26. The smallest absolute Gasteiger partial charge is 0.188 e. The van der Waals surface area contributed by atoms with Crippen molar-refractivity contribution in [1.82, 2.24) is 10.6 Å². The van der Waals surface area contributed by atoms with Crippen molar-refractivity contribution in [3.63, 3.8) is 0 Å². The Morgan fingerprint density at radius 2 is 1.56 bits per heavy atom. The van der Waals surface area contributed by atoms with Gasteiger partial charge in [-0.3, -0.25) is 5.41 Å². The quantitative estimate of drug-likeness (QED) is 0.355. The highest BCUT2D eigenvalue weighted by atomic mass is 15.2. The van der Waals surface area contributed by atoms with E-state index in [2.05, 4.69) is 38.3 Å². The summed E-state index contributed by atoms with van der Waals surface area (Å²) in [6.07, 6.45) is 7.78. The van der Waals surface area contributed by atoms with Gasteiger partial charge in [0.05, 0.1) is 0 Å². The van der Waals surface area contributed by atoms with Crippen LogP contribution in [0.5, 0.6) is 0 Å². The Balaban J connectivity index is 3.28. The monoisotopic (exact) mass is 227 g/mol. The molecule has 0 amide bonds. The van der Waals surface area contributed by atoms with Gasteiger partial charge in [0, 0.05) is 12.1 Å². The minimum absolute atomic E-state index is 0.0226. The Labute approximate surface area is 101 Å². The molecule has 96 valence electrons. The van der Waals surface area contributed by atoms with Gasteiger partial charge in [-0.05, 0) is 27.2 Å². The summed E-state index contributed by atoms with van der Waals surface area (Å²) in [5.74, 6) is 0.445. The van der Waals surface area contributed by atoms with Gasteiger partial charge in [0.15, 0.2) is 5.96 Å². The Morgan fingerprint density at radius 1 is 1.00 bits per heavy atom. The third-order valence-electron chi connectivity index (χ3n) is 2.33. The van der Waals surface area contributed by atoms with Crippen molar-refractivity contribution in [2.75, 3.05) is 6.54 Å². The molecule has 0 fully saturated rings. The molecule has 0 rings (SSSR count). The summed E-state index contributed by atoms with van der Waals surface area (Å²) in [5.41, 5.74) is -0.0226.